The Morgan fingerprint density at radius 3 is 2.53 bits per heavy atom. The lowest BCUT2D eigenvalue weighted by atomic mass is 9.91. The van der Waals surface area contributed by atoms with Crippen molar-refractivity contribution in [2.45, 2.75) is 37.8 Å². The Morgan fingerprint density at radius 1 is 1.37 bits per heavy atom. The Balaban J connectivity index is 0.00000180. The molecule has 0 amide bonds. The molecule has 2 atom stereocenters. The summed E-state index contributed by atoms with van der Waals surface area (Å²) in [5, 5.41) is 10.3. The molecule has 0 saturated heterocycles. The van der Waals surface area contributed by atoms with Crippen LogP contribution in [0.15, 0.2) is 22.7 Å². The molecule has 5 heteroatoms. The topological polar surface area (TPSA) is 55.5 Å². The second kappa shape index (κ2) is 7.48. The van der Waals surface area contributed by atoms with Crippen molar-refractivity contribution >= 4 is 28.3 Å². The smallest absolute Gasteiger partial charge is 0.133 e. The van der Waals surface area contributed by atoms with E-state index in [9.17, 15) is 5.11 Å². The molecule has 3 N–H and O–H groups in total. The number of aliphatic hydroxyl groups excluding tert-OH is 1. The van der Waals surface area contributed by atoms with Gasteiger partial charge in [0.25, 0.3) is 0 Å². The normalized spacial score (nSPS) is 18.7. The molecule has 19 heavy (non-hydrogen) atoms. The van der Waals surface area contributed by atoms with Gasteiger partial charge in [-0.15, -0.1) is 12.4 Å². The van der Waals surface area contributed by atoms with Gasteiger partial charge < -0.3 is 15.6 Å². The largest absolute Gasteiger partial charge is 0.496 e. The highest BCUT2D eigenvalue weighted by Crippen LogP contribution is 2.34. The quantitative estimate of drug-likeness (QED) is 0.874. The molecule has 3 nitrogen and oxygen atoms in total. The van der Waals surface area contributed by atoms with E-state index in [4.69, 9.17) is 10.5 Å². The number of benzene rings is 1. The van der Waals surface area contributed by atoms with Crippen LogP contribution in [0.3, 0.4) is 0 Å². The molecular formula is C14H21BrClNO2. The lowest BCUT2D eigenvalue weighted by Gasteiger charge is -2.25. The molecule has 0 aliphatic heterocycles. The van der Waals surface area contributed by atoms with Crippen LogP contribution in [0.5, 0.6) is 5.75 Å². The zero-order valence-corrected chi connectivity index (χ0v) is 13.4. The Labute approximate surface area is 129 Å². The van der Waals surface area contributed by atoms with E-state index in [0.717, 1.165) is 28.6 Å². The molecule has 108 valence electrons. The molecule has 1 aromatic carbocycles. The number of rotatable bonds is 4. The number of nitrogens with two attached hydrogens (primary N) is 1. The Morgan fingerprint density at radius 2 is 2.00 bits per heavy atom. The summed E-state index contributed by atoms with van der Waals surface area (Å²) in [5.74, 6) is 1.13. The molecule has 0 spiro atoms. The van der Waals surface area contributed by atoms with Crippen molar-refractivity contribution in [3.63, 3.8) is 0 Å². The van der Waals surface area contributed by atoms with Gasteiger partial charge >= 0.3 is 0 Å². The van der Waals surface area contributed by atoms with Crippen LogP contribution in [0, 0.1) is 5.92 Å². The van der Waals surface area contributed by atoms with Gasteiger partial charge in [-0.3, -0.25) is 0 Å². The number of hydrogen-bond acceptors (Lipinski definition) is 3. The fourth-order valence-corrected chi connectivity index (χ4v) is 3.24. The molecule has 1 aromatic rings. The molecule has 0 aromatic heterocycles. The van der Waals surface area contributed by atoms with Crippen LogP contribution in [0.4, 0.5) is 0 Å². The molecule has 0 bridgehead atoms. The Kier molecular flexibility index (Phi) is 6.60. The Bertz CT molecular complexity index is 410. The Hall–Kier alpha value is -0.290. The van der Waals surface area contributed by atoms with Crippen molar-refractivity contribution < 1.29 is 9.84 Å². The van der Waals surface area contributed by atoms with Gasteiger partial charge in [-0.05, 0) is 52.4 Å². The standard InChI is InChI=1S/C14H20BrNO2.ClH/c1-18-12-7-6-10(8-11(12)15)13(16)14(17)9-4-2-3-5-9;/h6-9,13-14,17H,2-5,16H2,1H3;1H/t13-,14+;/m1./s1. The monoisotopic (exact) mass is 349 g/mol. The van der Waals surface area contributed by atoms with E-state index in [-0.39, 0.29) is 18.4 Å². The lowest BCUT2D eigenvalue weighted by Crippen LogP contribution is -2.31. The maximum Gasteiger partial charge on any atom is 0.133 e. The third-order valence-electron chi connectivity index (χ3n) is 3.81. The van der Waals surface area contributed by atoms with E-state index in [1.807, 2.05) is 18.2 Å². The number of ether oxygens (including phenoxy) is 1. The van der Waals surface area contributed by atoms with Crippen LogP contribution in [0.1, 0.15) is 37.3 Å². The van der Waals surface area contributed by atoms with Crippen molar-refractivity contribution in [1.82, 2.24) is 0 Å². The summed E-state index contributed by atoms with van der Waals surface area (Å²) >= 11 is 3.45. The highest BCUT2D eigenvalue weighted by atomic mass is 79.9. The SMILES string of the molecule is COc1ccc([C@@H](N)[C@@H](O)C2CCCC2)cc1Br.Cl. The molecular weight excluding hydrogens is 330 g/mol. The first-order chi connectivity index (χ1) is 8.63. The summed E-state index contributed by atoms with van der Waals surface area (Å²) in [6.07, 6.45) is 4.15. The minimum absolute atomic E-state index is 0. The first-order valence-corrected chi connectivity index (χ1v) is 7.20. The van der Waals surface area contributed by atoms with Crippen molar-refractivity contribution in [2.75, 3.05) is 7.11 Å². The van der Waals surface area contributed by atoms with E-state index in [0.29, 0.717) is 5.92 Å². The summed E-state index contributed by atoms with van der Waals surface area (Å²) in [6, 6.07) is 5.41. The first-order valence-electron chi connectivity index (χ1n) is 6.40. The van der Waals surface area contributed by atoms with Crippen molar-refractivity contribution in [1.29, 1.82) is 0 Å². The molecule has 1 aliphatic rings. The third kappa shape index (κ3) is 3.85. The number of aliphatic hydroxyl groups is 1. The molecule has 1 saturated carbocycles. The summed E-state index contributed by atoms with van der Waals surface area (Å²) in [5.41, 5.74) is 7.11. The minimum atomic E-state index is -0.451. The van der Waals surface area contributed by atoms with E-state index in [1.165, 1.54) is 12.8 Å². The van der Waals surface area contributed by atoms with E-state index < -0.39 is 6.10 Å². The van der Waals surface area contributed by atoms with Crippen LogP contribution in [-0.4, -0.2) is 18.3 Å². The molecule has 0 heterocycles. The summed E-state index contributed by atoms with van der Waals surface area (Å²) in [6.45, 7) is 0. The van der Waals surface area contributed by atoms with E-state index in [1.54, 1.807) is 7.11 Å². The predicted octanol–water partition coefficient (Wildman–Crippen LogP) is 3.43. The average Bonchev–Trinajstić information content (AvgIpc) is 2.90. The van der Waals surface area contributed by atoms with Crippen LogP contribution in [0.25, 0.3) is 0 Å². The average molecular weight is 351 g/mol. The van der Waals surface area contributed by atoms with Gasteiger partial charge in [-0.1, -0.05) is 18.9 Å². The van der Waals surface area contributed by atoms with Gasteiger partial charge in [0.15, 0.2) is 0 Å². The highest BCUT2D eigenvalue weighted by Gasteiger charge is 2.28. The van der Waals surface area contributed by atoms with Crippen molar-refractivity contribution in [2.24, 2.45) is 11.7 Å². The van der Waals surface area contributed by atoms with Gasteiger partial charge in [0.2, 0.25) is 0 Å². The maximum absolute atomic E-state index is 10.3. The van der Waals surface area contributed by atoms with Crippen LogP contribution in [0.2, 0.25) is 0 Å². The van der Waals surface area contributed by atoms with Crippen LogP contribution < -0.4 is 10.5 Å². The molecule has 1 aliphatic carbocycles. The first kappa shape index (κ1) is 16.8. The van der Waals surface area contributed by atoms with Gasteiger partial charge in [0.1, 0.15) is 5.75 Å². The second-order valence-corrected chi connectivity index (χ2v) is 5.81. The van der Waals surface area contributed by atoms with Crippen molar-refractivity contribution in [3.8, 4) is 5.75 Å². The van der Waals surface area contributed by atoms with Crippen molar-refractivity contribution in [3.05, 3.63) is 28.2 Å². The van der Waals surface area contributed by atoms with E-state index >= 15 is 0 Å². The second-order valence-electron chi connectivity index (χ2n) is 4.95. The van der Waals surface area contributed by atoms with Crippen LogP contribution >= 0.6 is 28.3 Å². The molecule has 2 rings (SSSR count). The molecule has 0 radical (unpaired) electrons. The van der Waals surface area contributed by atoms with Gasteiger partial charge in [-0.25, -0.2) is 0 Å². The zero-order valence-electron chi connectivity index (χ0n) is 11.0. The third-order valence-corrected chi connectivity index (χ3v) is 4.43. The summed E-state index contributed by atoms with van der Waals surface area (Å²) in [7, 11) is 1.63. The number of halogens is 2. The molecule has 0 unspecified atom stereocenters. The zero-order chi connectivity index (χ0) is 13.1. The number of hydrogen-bond donors (Lipinski definition) is 2. The maximum atomic E-state index is 10.3. The van der Waals surface area contributed by atoms with Crippen LogP contribution in [-0.2, 0) is 0 Å². The highest BCUT2D eigenvalue weighted by molar-refractivity contribution is 9.10. The van der Waals surface area contributed by atoms with Gasteiger partial charge in [0, 0.05) is 0 Å². The number of methoxy groups -OCH3 is 1. The molecule has 1 fully saturated rings. The predicted molar refractivity (Wildman–Crippen MR) is 82.8 cm³/mol. The summed E-state index contributed by atoms with van der Waals surface area (Å²) in [4.78, 5) is 0. The minimum Gasteiger partial charge on any atom is -0.496 e. The fourth-order valence-electron chi connectivity index (χ4n) is 2.68. The van der Waals surface area contributed by atoms with Gasteiger partial charge in [-0.2, -0.15) is 0 Å². The van der Waals surface area contributed by atoms with Gasteiger partial charge in [0.05, 0.1) is 23.7 Å². The summed E-state index contributed by atoms with van der Waals surface area (Å²) < 4.78 is 6.06. The van der Waals surface area contributed by atoms with E-state index in [2.05, 4.69) is 15.9 Å². The lowest BCUT2D eigenvalue weighted by molar-refractivity contribution is 0.0844. The fraction of sp³-hybridized carbons (Fsp3) is 0.571.